The average molecular weight is 302 g/mol. The van der Waals surface area contributed by atoms with Crippen molar-refractivity contribution in [3.05, 3.63) is 0 Å². The summed E-state index contributed by atoms with van der Waals surface area (Å²) in [6.45, 7) is 6.23. The van der Waals surface area contributed by atoms with E-state index < -0.39 is 5.41 Å². The van der Waals surface area contributed by atoms with Crippen LogP contribution in [0.1, 0.15) is 85.0 Å². The normalized spacial score (nSPS) is 12.9. The zero-order valence-corrected chi connectivity index (χ0v) is 14.5. The van der Waals surface area contributed by atoms with Gasteiger partial charge in [0.2, 0.25) is 0 Å². The van der Waals surface area contributed by atoms with E-state index in [1.54, 1.807) is 0 Å². The van der Waals surface area contributed by atoms with Crippen molar-refractivity contribution in [3.8, 4) is 0 Å². The molecule has 0 aliphatic carbocycles. The Morgan fingerprint density at radius 1 is 0.571 bits per heavy atom. The Morgan fingerprint density at radius 2 is 0.905 bits per heavy atom. The molecule has 0 heterocycles. The molecule has 0 aromatic carbocycles. The van der Waals surface area contributed by atoms with Crippen molar-refractivity contribution >= 4 is 0 Å². The van der Waals surface area contributed by atoms with Crippen LogP contribution in [0, 0.1) is 10.8 Å². The molecule has 0 fully saturated rings. The molecule has 128 valence electrons. The highest BCUT2D eigenvalue weighted by molar-refractivity contribution is 4.89. The molecule has 0 spiro atoms. The molecule has 0 bridgehead atoms. The lowest BCUT2D eigenvalue weighted by Crippen LogP contribution is -2.40. The molecule has 0 radical (unpaired) electrons. The van der Waals surface area contributed by atoms with Crippen molar-refractivity contribution in [2.75, 3.05) is 19.8 Å². The van der Waals surface area contributed by atoms with Crippen LogP contribution in [0.3, 0.4) is 0 Å². The number of unbranched alkanes of at least 4 members (excludes halogenated alkanes) is 3. The summed E-state index contributed by atoms with van der Waals surface area (Å²) in [5.74, 6) is 0. The summed E-state index contributed by atoms with van der Waals surface area (Å²) in [6, 6.07) is 0. The van der Waals surface area contributed by atoms with Crippen molar-refractivity contribution in [1.29, 1.82) is 0 Å². The minimum atomic E-state index is -0.727. The van der Waals surface area contributed by atoms with Crippen LogP contribution in [0.25, 0.3) is 0 Å². The second-order valence-corrected chi connectivity index (χ2v) is 6.96. The van der Waals surface area contributed by atoms with E-state index in [9.17, 15) is 15.3 Å². The summed E-state index contributed by atoms with van der Waals surface area (Å²) in [6.07, 6.45) is 11.2. The maximum atomic E-state index is 9.70. The van der Waals surface area contributed by atoms with Crippen molar-refractivity contribution in [2.24, 2.45) is 10.8 Å². The first-order valence-corrected chi connectivity index (χ1v) is 8.90. The summed E-state index contributed by atoms with van der Waals surface area (Å²) in [5.41, 5.74) is -0.564. The summed E-state index contributed by atoms with van der Waals surface area (Å²) < 4.78 is 0. The lowest BCUT2D eigenvalue weighted by atomic mass is 9.65. The van der Waals surface area contributed by atoms with E-state index in [0.29, 0.717) is 0 Å². The Bertz CT molecular complexity index is 207. The fourth-order valence-electron chi connectivity index (χ4n) is 3.41. The van der Waals surface area contributed by atoms with Gasteiger partial charge in [0.05, 0.1) is 19.8 Å². The van der Waals surface area contributed by atoms with Gasteiger partial charge in [-0.15, -0.1) is 0 Å². The van der Waals surface area contributed by atoms with Crippen molar-refractivity contribution in [2.45, 2.75) is 85.0 Å². The van der Waals surface area contributed by atoms with Crippen molar-refractivity contribution in [1.82, 2.24) is 0 Å². The quantitative estimate of drug-likeness (QED) is 0.456. The minimum absolute atomic E-state index is 0.133. The molecule has 0 unspecified atom stereocenters. The van der Waals surface area contributed by atoms with Crippen LogP contribution in [0.4, 0.5) is 0 Å². The van der Waals surface area contributed by atoms with Crippen LogP contribution in [-0.2, 0) is 0 Å². The van der Waals surface area contributed by atoms with Crippen LogP contribution in [0.5, 0.6) is 0 Å². The molecule has 3 N–H and O–H groups in total. The second-order valence-electron chi connectivity index (χ2n) is 6.96. The molecule has 21 heavy (non-hydrogen) atoms. The van der Waals surface area contributed by atoms with E-state index in [4.69, 9.17) is 0 Å². The summed E-state index contributed by atoms with van der Waals surface area (Å²) in [4.78, 5) is 0. The fraction of sp³-hybridized carbons (Fsp3) is 1.00. The van der Waals surface area contributed by atoms with Crippen LogP contribution in [0.15, 0.2) is 0 Å². The van der Waals surface area contributed by atoms with Crippen molar-refractivity contribution in [3.63, 3.8) is 0 Å². The van der Waals surface area contributed by atoms with Gasteiger partial charge in [0.15, 0.2) is 0 Å². The van der Waals surface area contributed by atoms with Crippen LogP contribution in [-0.4, -0.2) is 35.1 Å². The largest absolute Gasteiger partial charge is 0.396 e. The van der Waals surface area contributed by atoms with Gasteiger partial charge >= 0.3 is 0 Å². The Labute approximate surface area is 131 Å². The molecular weight excluding hydrogens is 264 g/mol. The maximum absolute atomic E-state index is 9.70. The summed E-state index contributed by atoms with van der Waals surface area (Å²) in [5, 5.41) is 29.1. The predicted molar refractivity (Wildman–Crippen MR) is 89.3 cm³/mol. The standard InChI is InChI=1S/C18H38O3/c1-4-7-10-17(11-8-5-2,12-9-6-3)13-18(14-19,15-20)16-21/h19-21H,4-16H2,1-3H3. The van der Waals surface area contributed by atoms with Gasteiger partial charge in [0.1, 0.15) is 0 Å². The molecule has 0 atom stereocenters. The van der Waals surface area contributed by atoms with Crippen LogP contribution >= 0.6 is 0 Å². The molecular formula is C18H38O3. The van der Waals surface area contributed by atoms with Gasteiger partial charge in [-0.05, 0) is 31.1 Å². The average Bonchev–Trinajstić information content (AvgIpc) is 2.54. The Morgan fingerprint density at radius 3 is 1.14 bits per heavy atom. The zero-order chi connectivity index (χ0) is 16.2. The zero-order valence-electron chi connectivity index (χ0n) is 14.5. The van der Waals surface area contributed by atoms with Crippen molar-refractivity contribution < 1.29 is 15.3 Å². The lowest BCUT2D eigenvalue weighted by Gasteiger charge is -2.42. The predicted octanol–water partition coefficient (Wildman–Crippen LogP) is 3.90. The van der Waals surface area contributed by atoms with Gasteiger partial charge in [0.25, 0.3) is 0 Å². The van der Waals surface area contributed by atoms with E-state index in [2.05, 4.69) is 20.8 Å². The highest BCUT2D eigenvalue weighted by atomic mass is 16.3. The first-order chi connectivity index (χ1) is 10.1. The summed E-state index contributed by atoms with van der Waals surface area (Å²) in [7, 11) is 0. The molecule has 0 aliphatic heterocycles. The molecule has 0 aromatic rings. The highest BCUT2D eigenvalue weighted by Crippen LogP contribution is 2.45. The maximum Gasteiger partial charge on any atom is 0.0531 e. The number of aliphatic hydroxyl groups excluding tert-OH is 3. The molecule has 0 aliphatic rings. The van der Waals surface area contributed by atoms with Gasteiger partial charge < -0.3 is 15.3 Å². The van der Waals surface area contributed by atoms with Gasteiger partial charge in [0, 0.05) is 5.41 Å². The van der Waals surface area contributed by atoms with E-state index in [0.717, 1.165) is 25.7 Å². The molecule has 0 aromatic heterocycles. The molecule has 3 nitrogen and oxygen atoms in total. The molecule has 0 rings (SSSR count). The third-order valence-corrected chi connectivity index (χ3v) is 4.94. The molecule has 0 amide bonds. The lowest BCUT2D eigenvalue weighted by molar-refractivity contribution is -0.0393. The first kappa shape index (κ1) is 20.9. The molecule has 0 saturated heterocycles. The third-order valence-electron chi connectivity index (χ3n) is 4.94. The smallest absolute Gasteiger partial charge is 0.0531 e. The van der Waals surface area contributed by atoms with Gasteiger partial charge in [-0.2, -0.15) is 0 Å². The fourth-order valence-corrected chi connectivity index (χ4v) is 3.41. The van der Waals surface area contributed by atoms with Gasteiger partial charge in [-0.3, -0.25) is 0 Å². The Kier molecular flexibility index (Phi) is 11.4. The SMILES string of the molecule is CCCCC(CCCC)(CCCC)CC(CO)(CO)CO. The third kappa shape index (κ3) is 7.12. The van der Waals surface area contributed by atoms with E-state index in [-0.39, 0.29) is 25.2 Å². The highest BCUT2D eigenvalue weighted by Gasteiger charge is 2.39. The monoisotopic (exact) mass is 302 g/mol. The van der Waals surface area contributed by atoms with Gasteiger partial charge in [-0.1, -0.05) is 59.3 Å². The van der Waals surface area contributed by atoms with E-state index in [1.807, 2.05) is 0 Å². The van der Waals surface area contributed by atoms with Crippen LogP contribution < -0.4 is 0 Å². The first-order valence-electron chi connectivity index (χ1n) is 8.90. The van der Waals surface area contributed by atoms with Gasteiger partial charge in [-0.25, -0.2) is 0 Å². The number of hydrogen-bond acceptors (Lipinski definition) is 3. The van der Waals surface area contributed by atoms with E-state index >= 15 is 0 Å². The summed E-state index contributed by atoms with van der Waals surface area (Å²) >= 11 is 0. The Hall–Kier alpha value is -0.120. The van der Waals surface area contributed by atoms with Crippen LogP contribution in [0.2, 0.25) is 0 Å². The Balaban J connectivity index is 5.17. The van der Waals surface area contributed by atoms with E-state index in [1.165, 1.54) is 38.5 Å². The number of hydrogen-bond donors (Lipinski definition) is 3. The topological polar surface area (TPSA) is 60.7 Å². The number of aliphatic hydroxyl groups is 3. The second kappa shape index (κ2) is 11.4. The number of rotatable bonds is 14. The molecule has 0 saturated carbocycles. The molecule has 3 heteroatoms. The minimum Gasteiger partial charge on any atom is -0.396 e.